The number of fused-ring (bicyclic) bond motifs is 2. The molecule has 0 N–H and O–H groups in total. The number of carbonyl (C=O) groups excluding carboxylic acids is 2. The van der Waals surface area contributed by atoms with Gasteiger partial charge in [0.25, 0.3) is 5.91 Å². The standard InChI is InChI=1S/C13H11NO4S/c1-17-12(16)9-7-19-13-10(15)14(11(9)18-13)8-5-3-2-4-6-8/h2-7,11,13H,1H3. The van der Waals surface area contributed by atoms with Gasteiger partial charge in [-0.2, -0.15) is 0 Å². The molecule has 3 rings (SSSR count). The molecule has 0 saturated carbocycles. The molecular formula is C13H11NO4S. The molecule has 2 atom stereocenters. The summed E-state index contributed by atoms with van der Waals surface area (Å²) in [4.78, 5) is 25.4. The summed E-state index contributed by atoms with van der Waals surface area (Å²) < 4.78 is 10.3. The topological polar surface area (TPSA) is 55.8 Å². The van der Waals surface area contributed by atoms with Crippen molar-refractivity contribution in [1.82, 2.24) is 0 Å². The van der Waals surface area contributed by atoms with Crippen molar-refractivity contribution in [3.8, 4) is 0 Å². The van der Waals surface area contributed by atoms with Gasteiger partial charge in [0.15, 0.2) is 11.7 Å². The summed E-state index contributed by atoms with van der Waals surface area (Å²) >= 11 is 1.19. The van der Waals surface area contributed by atoms with Crippen molar-refractivity contribution < 1.29 is 19.1 Å². The van der Waals surface area contributed by atoms with Crippen molar-refractivity contribution in [2.75, 3.05) is 12.0 Å². The van der Waals surface area contributed by atoms with Crippen LogP contribution in [-0.2, 0) is 19.1 Å². The van der Waals surface area contributed by atoms with E-state index >= 15 is 0 Å². The largest absolute Gasteiger partial charge is 0.466 e. The molecule has 98 valence electrons. The molecule has 5 nitrogen and oxygen atoms in total. The molecule has 2 heterocycles. The van der Waals surface area contributed by atoms with Crippen molar-refractivity contribution in [2.24, 2.45) is 0 Å². The number of methoxy groups -OCH3 is 1. The minimum Gasteiger partial charge on any atom is -0.466 e. The molecule has 1 saturated heterocycles. The molecule has 1 fully saturated rings. The summed E-state index contributed by atoms with van der Waals surface area (Å²) in [5.41, 5.74) is 0.467. The Bertz CT molecular complexity index is 557. The Labute approximate surface area is 114 Å². The number of para-hydroxylation sites is 1. The zero-order valence-electron chi connectivity index (χ0n) is 10.1. The molecule has 2 bridgehead atoms. The van der Waals surface area contributed by atoms with Crippen LogP contribution in [0.15, 0.2) is 41.3 Å². The first kappa shape index (κ1) is 12.3. The Hall–Kier alpha value is -1.79. The van der Waals surface area contributed by atoms with E-state index in [0.29, 0.717) is 11.3 Å². The van der Waals surface area contributed by atoms with Crippen LogP contribution < -0.4 is 4.90 Å². The summed E-state index contributed by atoms with van der Waals surface area (Å²) in [5.74, 6) is -0.636. The molecule has 0 spiro atoms. The molecule has 0 aromatic heterocycles. The first-order valence-electron chi connectivity index (χ1n) is 5.70. The number of esters is 1. The van der Waals surface area contributed by atoms with Gasteiger partial charge in [-0.1, -0.05) is 30.0 Å². The molecule has 2 aliphatic heterocycles. The molecular weight excluding hydrogens is 266 g/mol. The Morgan fingerprint density at radius 1 is 1.37 bits per heavy atom. The lowest BCUT2D eigenvalue weighted by molar-refractivity contribution is -0.137. The maximum absolute atomic E-state index is 12.2. The zero-order valence-corrected chi connectivity index (χ0v) is 10.9. The molecule has 1 amide bonds. The van der Waals surface area contributed by atoms with Crippen LogP contribution in [0, 0.1) is 0 Å². The van der Waals surface area contributed by atoms with Gasteiger partial charge >= 0.3 is 5.97 Å². The van der Waals surface area contributed by atoms with Crippen molar-refractivity contribution in [1.29, 1.82) is 0 Å². The second-order valence-corrected chi connectivity index (χ2v) is 5.00. The maximum Gasteiger partial charge on any atom is 0.338 e. The number of benzene rings is 1. The average Bonchev–Trinajstić information content (AvgIpc) is 2.71. The van der Waals surface area contributed by atoms with Crippen molar-refractivity contribution in [3.05, 3.63) is 41.3 Å². The number of amides is 1. The maximum atomic E-state index is 12.2. The molecule has 1 aromatic rings. The molecule has 0 radical (unpaired) electrons. The summed E-state index contributed by atoms with van der Waals surface area (Å²) in [6.07, 6.45) is -0.700. The second-order valence-electron chi connectivity index (χ2n) is 4.07. The lowest BCUT2D eigenvalue weighted by atomic mass is 10.2. The van der Waals surface area contributed by atoms with Gasteiger partial charge in [-0.25, -0.2) is 4.79 Å². The van der Waals surface area contributed by atoms with E-state index < -0.39 is 17.6 Å². The van der Waals surface area contributed by atoms with E-state index in [-0.39, 0.29) is 5.91 Å². The minimum atomic E-state index is -0.700. The number of thioether (sulfide) groups is 1. The normalized spacial score (nSPS) is 25.2. The Balaban J connectivity index is 1.99. The first-order chi connectivity index (χ1) is 9.22. The van der Waals surface area contributed by atoms with E-state index in [0.717, 1.165) is 0 Å². The summed E-state index contributed by atoms with van der Waals surface area (Å²) in [5, 5.41) is 1.64. The molecule has 6 heteroatoms. The number of hydrogen-bond donors (Lipinski definition) is 0. The van der Waals surface area contributed by atoms with Crippen LogP contribution in [0.1, 0.15) is 0 Å². The minimum absolute atomic E-state index is 0.156. The van der Waals surface area contributed by atoms with E-state index in [1.807, 2.05) is 30.3 Å². The Morgan fingerprint density at radius 3 is 2.79 bits per heavy atom. The summed E-state index contributed by atoms with van der Waals surface area (Å²) in [7, 11) is 1.31. The lowest BCUT2D eigenvalue weighted by Crippen LogP contribution is -2.37. The monoisotopic (exact) mass is 277 g/mol. The van der Waals surface area contributed by atoms with Crippen molar-refractivity contribution in [3.63, 3.8) is 0 Å². The van der Waals surface area contributed by atoms with Crippen molar-refractivity contribution in [2.45, 2.75) is 11.7 Å². The van der Waals surface area contributed by atoms with Crippen LogP contribution >= 0.6 is 11.8 Å². The third kappa shape index (κ3) is 1.93. The highest BCUT2D eigenvalue weighted by Crippen LogP contribution is 2.39. The van der Waals surface area contributed by atoms with Crippen molar-refractivity contribution >= 4 is 29.3 Å². The first-order valence-corrected chi connectivity index (χ1v) is 6.64. The van der Waals surface area contributed by atoms with Crippen LogP contribution in [-0.4, -0.2) is 30.7 Å². The highest BCUT2D eigenvalue weighted by Gasteiger charge is 2.48. The number of ether oxygens (including phenoxy) is 2. The lowest BCUT2D eigenvalue weighted by Gasteiger charge is -2.24. The van der Waals surface area contributed by atoms with Gasteiger partial charge in [0.1, 0.15) is 0 Å². The van der Waals surface area contributed by atoms with Crippen LogP contribution in [0.3, 0.4) is 0 Å². The van der Waals surface area contributed by atoms with Crippen LogP contribution in [0.2, 0.25) is 0 Å². The summed E-state index contributed by atoms with van der Waals surface area (Å²) in [6, 6.07) is 9.14. The SMILES string of the molecule is COC(=O)C1=CSC2OC1N(c1ccccc1)C2=O. The van der Waals surface area contributed by atoms with E-state index in [1.54, 1.807) is 5.41 Å². The Morgan fingerprint density at radius 2 is 2.11 bits per heavy atom. The number of carbonyl (C=O) groups is 2. The highest BCUT2D eigenvalue weighted by molar-refractivity contribution is 8.03. The fourth-order valence-corrected chi connectivity index (χ4v) is 2.96. The summed E-state index contributed by atoms with van der Waals surface area (Å²) in [6.45, 7) is 0. The molecule has 1 aromatic carbocycles. The van der Waals surface area contributed by atoms with E-state index in [1.165, 1.54) is 23.8 Å². The number of rotatable bonds is 2. The fraction of sp³-hybridized carbons (Fsp3) is 0.231. The predicted octanol–water partition coefficient (Wildman–Crippen LogP) is 1.51. The van der Waals surface area contributed by atoms with Gasteiger partial charge in [0.05, 0.1) is 12.7 Å². The molecule has 2 aliphatic rings. The quantitative estimate of drug-likeness (QED) is 0.767. The molecule has 19 heavy (non-hydrogen) atoms. The van der Waals surface area contributed by atoms with E-state index in [9.17, 15) is 9.59 Å². The molecule has 0 aliphatic carbocycles. The van der Waals surface area contributed by atoms with Crippen LogP contribution in [0.4, 0.5) is 5.69 Å². The third-order valence-electron chi connectivity index (χ3n) is 2.97. The van der Waals surface area contributed by atoms with Gasteiger partial charge in [0.2, 0.25) is 0 Å². The highest BCUT2D eigenvalue weighted by atomic mass is 32.2. The number of nitrogens with zero attached hydrogens (tertiary/aromatic N) is 1. The second kappa shape index (κ2) is 4.71. The van der Waals surface area contributed by atoms with E-state index in [4.69, 9.17) is 9.47 Å². The predicted molar refractivity (Wildman–Crippen MR) is 70.3 cm³/mol. The van der Waals surface area contributed by atoms with Gasteiger partial charge in [0, 0.05) is 5.69 Å². The third-order valence-corrected chi connectivity index (χ3v) is 3.92. The van der Waals surface area contributed by atoms with Crippen LogP contribution in [0.25, 0.3) is 0 Å². The van der Waals surface area contributed by atoms with Gasteiger partial charge in [-0.15, -0.1) is 0 Å². The van der Waals surface area contributed by atoms with Gasteiger partial charge in [-0.3, -0.25) is 9.69 Å². The fourth-order valence-electron chi connectivity index (χ4n) is 2.08. The zero-order chi connectivity index (χ0) is 13.4. The average molecular weight is 277 g/mol. The van der Waals surface area contributed by atoms with Crippen LogP contribution in [0.5, 0.6) is 0 Å². The van der Waals surface area contributed by atoms with E-state index in [2.05, 4.69) is 0 Å². The van der Waals surface area contributed by atoms with Gasteiger partial charge < -0.3 is 9.47 Å². The molecule has 2 unspecified atom stereocenters. The smallest absolute Gasteiger partial charge is 0.338 e. The number of hydrogen-bond acceptors (Lipinski definition) is 5. The Kier molecular flexibility index (Phi) is 3.04. The number of anilines is 1. The van der Waals surface area contributed by atoms with Gasteiger partial charge in [-0.05, 0) is 17.5 Å².